The first-order chi connectivity index (χ1) is 43.6. The van der Waals surface area contributed by atoms with Gasteiger partial charge in [0, 0.05) is 60.5 Å². The normalized spacial score (nSPS) is 11.4. The maximum atomic E-state index is 8.68. The van der Waals surface area contributed by atoms with Crippen LogP contribution in [0.5, 0.6) is 0 Å². The summed E-state index contributed by atoms with van der Waals surface area (Å²) in [6.45, 7) is 8.68. The van der Waals surface area contributed by atoms with Crippen LogP contribution in [0.1, 0.15) is 0 Å². The Hall–Kier alpha value is -12.1. The van der Waals surface area contributed by atoms with Crippen LogP contribution >= 0.6 is 0 Å². The van der Waals surface area contributed by atoms with E-state index in [4.69, 9.17) is 26.5 Å². The zero-order valence-electron chi connectivity index (χ0n) is 47.6. The SMILES string of the molecule is [C-]#[N+]c1ccccc1-c1cc(-n2c3cc(-c4cccc(-c5ccccc5)n4)ccc3c3ccc(-c4cccc(-c5ccccc5)n4)cc32)ncc1-n1c2cc(-c3cccc(-c4ccccc4)c3)ccc2c2ccc(-c3cccc(-c4ccccc4)n3)cc21. The average Bonchev–Trinajstić information content (AvgIpc) is 2.03. The first-order valence-electron chi connectivity index (χ1n) is 29.5. The molecule has 410 valence electrons. The van der Waals surface area contributed by atoms with Crippen molar-refractivity contribution in [2.45, 2.75) is 0 Å². The van der Waals surface area contributed by atoms with Gasteiger partial charge in [0.1, 0.15) is 5.82 Å². The number of pyridine rings is 4. The number of aromatic nitrogens is 6. The van der Waals surface area contributed by atoms with Crippen LogP contribution in [0.15, 0.2) is 310 Å². The summed E-state index contributed by atoms with van der Waals surface area (Å²) in [5.74, 6) is 0.687. The third kappa shape index (κ3) is 9.26. The predicted molar refractivity (Wildman–Crippen MR) is 361 cm³/mol. The number of hydrogen-bond acceptors (Lipinski definition) is 4. The third-order valence-electron chi connectivity index (χ3n) is 16.8. The molecule has 0 N–H and O–H groups in total. The lowest BCUT2D eigenvalue weighted by molar-refractivity contribution is 1.06. The van der Waals surface area contributed by atoms with Gasteiger partial charge in [-0.25, -0.2) is 24.8 Å². The van der Waals surface area contributed by atoms with E-state index in [9.17, 15) is 0 Å². The summed E-state index contributed by atoms with van der Waals surface area (Å²) in [7, 11) is 0. The minimum atomic E-state index is 0.531. The fourth-order valence-electron chi connectivity index (χ4n) is 12.6. The summed E-state index contributed by atoms with van der Waals surface area (Å²) in [5, 5.41) is 4.29. The first kappa shape index (κ1) is 51.5. The molecule has 0 radical (unpaired) electrons. The van der Waals surface area contributed by atoms with Crippen LogP contribution in [0.4, 0.5) is 5.69 Å². The van der Waals surface area contributed by atoms with Crippen molar-refractivity contribution < 1.29 is 0 Å². The smallest absolute Gasteiger partial charge is 0.194 e. The van der Waals surface area contributed by atoms with Gasteiger partial charge in [-0.3, -0.25) is 4.57 Å². The van der Waals surface area contributed by atoms with Gasteiger partial charge < -0.3 is 4.57 Å². The van der Waals surface area contributed by atoms with E-state index in [1.807, 2.05) is 79.0 Å². The van der Waals surface area contributed by atoms with Gasteiger partial charge in [0.2, 0.25) is 0 Å². The number of nitrogens with zero attached hydrogens (tertiary/aromatic N) is 7. The van der Waals surface area contributed by atoms with Gasteiger partial charge >= 0.3 is 0 Å². The lowest BCUT2D eigenvalue weighted by atomic mass is 9.98. The molecular weight excluding hydrogens is 1070 g/mol. The Morgan fingerprint density at radius 3 is 1.06 bits per heavy atom. The summed E-state index contributed by atoms with van der Waals surface area (Å²) in [4.78, 5) is 25.6. The number of hydrogen-bond donors (Lipinski definition) is 0. The lowest BCUT2D eigenvalue weighted by Crippen LogP contribution is -2.04. The van der Waals surface area contributed by atoms with Gasteiger partial charge in [0.05, 0.1) is 74.7 Å². The molecule has 0 bridgehead atoms. The molecule has 0 aliphatic carbocycles. The van der Waals surface area contributed by atoms with E-state index in [1.165, 1.54) is 0 Å². The van der Waals surface area contributed by atoms with Gasteiger partial charge in [-0.05, 0) is 101 Å². The molecule has 0 fully saturated rings. The molecule has 10 aromatic carbocycles. The summed E-state index contributed by atoms with van der Waals surface area (Å²) >= 11 is 0. The zero-order valence-corrected chi connectivity index (χ0v) is 47.6. The Morgan fingerprint density at radius 1 is 0.261 bits per heavy atom. The van der Waals surface area contributed by atoms with Gasteiger partial charge in [-0.2, -0.15) is 0 Å². The minimum Gasteiger partial charge on any atom is -0.307 e. The molecule has 0 unspecified atom stereocenters. The summed E-state index contributed by atoms with van der Waals surface area (Å²) in [6.07, 6.45) is 2.01. The molecule has 0 aliphatic rings. The van der Waals surface area contributed by atoms with Crippen molar-refractivity contribution in [2.75, 3.05) is 0 Å². The Labute approximate surface area is 508 Å². The fraction of sp³-hybridized carbons (Fsp3) is 0. The number of benzene rings is 10. The van der Waals surface area contributed by atoms with Crippen molar-refractivity contribution in [1.29, 1.82) is 0 Å². The van der Waals surface area contributed by atoms with E-state index >= 15 is 0 Å². The molecule has 0 saturated carbocycles. The molecule has 0 amide bonds. The highest BCUT2D eigenvalue weighted by Crippen LogP contribution is 2.44. The van der Waals surface area contributed by atoms with Gasteiger partial charge in [0.15, 0.2) is 5.69 Å². The molecule has 16 aromatic rings. The van der Waals surface area contributed by atoms with Crippen molar-refractivity contribution in [1.82, 2.24) is 29.1 Å². The van der Waals surface area contributed by atoms with Crippen LogP contribution < -0.4 is 0 Å². The van der Waals surface area contributed by atoms with E-state index < -0.39 is 0 Å². The van der Waals surface area contributed by atoms with Crippen LogP contribution in [0.25, 0.3) is 161 Å². The quantitative estimate of drug-likeness (QED) is 0.121. The Bertz CT molecular complexity index is 5110. The van der Waals surface area contributed by atoms with Crippen LogP contribution in [-0.2, 0) is 0 Å². The van der Waals surface area contributed by atoms with Crippen molar-refractivity contribution in [3.05, 3.63) is 321 Å². The van der Waals surface area contributed by atoms with Crippen LogP contribution in [-0.4, -0.2) is 29.1 Å². The molecule has 7 nitrogen and oxygen atoms in total. The van der Waals surface area contributed by atoms with Crippen LogP contribution in [0.2, 0.25) is 0 Å². The third-order valence-corrected chi connectivity index (χ3v) is 16.8. The highest BCUT2D eigenvalue weighted by molar-refractivity contribution is 6.13. The first-order valence-corrected chi connectivity index (χ1v) is 29.5. The van der Waals surface area contributed by atoms with E-state index in [-0.39, 0.29) is 0 Å². The van der Waals surface area contributed by atoms with Gasteiger partial charge in [-0.15, -0.1) is 0 Å². The molecule has 88 heavy (non-hydrogen) atoms. The van der Waals surface area contributed by atoms with Gasteiger partial charge in [0.25, 0.3) is 0 Å². The van der Waals surface area contributed by atoms with Crippen LogP contribution in [0.3, 0.4) is 0 Å². The predicted octanol–water partition coefficient (Wildman–Crippen LogP) is 21.0. The fourth-order valence-corrected chi connectivity index (χ4v) is 12.6. The molecular formula is C81H51N7. The monoisotopic (exact) mass is 1120 g/mol. The molecule has 0 aliphatic heterocycles. The topological polar surface area (TPSA) is 65.8 Å². The Kier molecular flexibility index (Phi) is 12.8. The summed E-state index contributed by atoms with van der Waals surface area (Å²) in [5.41, 5.74) is 22.7. The number of rotatable bonds is 11. The van der Waals surface area contributed by atoms with Crippen molar-refractivity contribution >= 4 is 49.3 Å². The average molecular weight is 1120 g/mol. The largest absolute Gasteiger partial charge is 0.307 e. The molecule has 0 spiro atoms. The Balaban J connectivity index is 0.949. The van der Waals surface area contributed by atoms with Gasteiger partial charge in [-0.1, -0.05) is 231 Å². The lowest BCUT2D eigenvalue weighted by Gasteiger charge is -2.18. The molecule has 6 aromatic heterocycles. The van der Waals surface area contributed by atoms with E-state index in [0.717, 1.165) is 150 Å². The minimum absolute atomic E-state index is 0.531. The van der Waals surface area contributed by atoms with Crippen LogP contribution in [0, 0.1) is 6.57 Å². The van der Waals surface area contributed by atoms with E-state index in [0.29, 0.717) is 11.5 Å². The second kappa shape index (κ2) is 21.8. The highest BCUT2D eigenvalue weighted by Gasteiger charge is 2.23. The summed E-state index contributed by atoms with van der Waals surface area (Å²) in [6, 6.07) is 106. The second-order valence-corrected chi connectivity index (χ2v) is 22.1. The van der Waals surface area contributed by atoms with E-state index in [2.05, 4.69) is 245 Å². The van der Waals surface area contributed by atoms with Crippen molar-refractivity contribution in [3.8, 4) is 112 Å². The molecule has 0 saturated heterocycles. The summed E-state index contributed by atoms with van der Waals surface area (Å²) < 4.78 is 4.63. The number of fused-ring (bicyclic) bond motifs is 6. The molecule has 16 rings (SSSR count). The van der Waals surface area contributed by atoms with E-state index in [1.54, 1.807) is 0 Å². The zero-order chi connectivity index (χ0) is 58.5. The highest BCUT2D eigenvalue weighted by atomic mass is 15.1. The molecule has 7 heteroatoms. The standard InChI is InChI=1S/C81H51N7/c1-82-75-31-15-14-30-63(75)68-51-81(88-78-49-61(73-36-18-33-70(85-73)55-24-10-4-11-25-55)40-44-66(78)67-45-41-62(50-79(67)88)74-37-19-34-71(86-74)56-26-12-5-13-27-56)83-52-80(68)87-76-47-59(58-29-16-28-57(46-58)53-20-6-2-7-21-53)38-42-64(76)65-43-39-60(48-77(65)87)72-35-17-32-69(84-72)54-22-8-3-9-23-54/h2-52H. The maximum Gasteiger partial charge on any atom is 0.194 e. The maximum absolute atomic E-state index is 8.68. The van der Waals surface area contributed by atoms with Crippen molar-refractivity contribution in [2.24, 2.45) is 0 Å². The number of para-hydroxylation sites is 1. The van der Waals surface area contributed by atoms with Crippen molar-refractivity contribution in [3.63, 3.8) is 0 Å². The molecule has 6 heterocycles. The molecule has 0 atom stereocenters. The second-order valence-electron chi connectivity index (χ2n) is 22.1. The Morgan fingerprint density at radius 2 is 0.602 bits per heavy atom.